The number of piperazine rings is 1. The summed E-state index contributed by atoms with van der Waals surface area (Å²) in [5.74, 6) is 0.0162. The first-order valence-electron chi connectivity index (χ1n) is 13.7. The predicted molar refractivity (Wildman–Crippen MR) is 152 cm³/mol. The molecule has 10 heteroatoms. The summed E-state index contributed by atoms with van der Waals surface area (Å²) in [6.07, 6.45) is 5.48. The number of amides is 2. The molecule has 1 saturated heterocycles. The van der Waals surface area contributed by atoms with Gasteiger partial charge in [0.1, 0.15) is 12.2 Å². The quantitative estimate of drug-likeness (QED) is 0.473. The van der Waals surface area contributed by atoms with Gasteiger partial charge in [-0.2, -0.15) is 4.31 Å². The van der Waals surface area contributed by atoms with Crippen LogP contribution >= 0.6 is 0 Å². The molecule has 9 nitrogen and oxygen atoms in total. The fourth-order valence-corrected chi connectivity index (χ4v) is 6.64. The minimum Gasteiger partial charge on any atom is -0.445 e. The summed E-state index contributed by atoms with van der Waals surface area (Å²) in [6.45, 7) is 6.13. The van der Waals surface area contributed by atoms with Crippen molar-refractivity contribution in [2.75, 3.05) is 19.6 Å². The van der Waals surface area contributed by atoms with E-state index < -0.39 is 33.9 Å². The molecule has 1 unspecified atom stereocenters. The number of rotatable bonds is 7. The smallest absolute Gasteiger partial charge is 0.410 e. The van der Waals surface area contributed by atoms with Gasteiger partial charge in [-0.25, -0.2) is 18.0 Å². The number of carbonyl (C=O) groups excluding carboxylic acids is 2. The Kier molecular flexibility index (Phi) is 9.52. The first kappa shape index (κ1) is 29.6. The normalized spacial score (nSPS) is 22.3. The molecule has 0 bridgehead atoms. The van der Waals surface area contributed by atoms with Crippen molar-refractivity contribution in [2.45, 2.75) is 69.2 Å². The average molecular weight is 570 g/mol. The molecule has 2 aromatic rings. The molecule has 40 heavy (non-hydrogen) atoms. The summed E-state index contributed by atoms with van der Waals surface area (Å²) in [4.78, 5) is 27.1. The van der Waals surface area contributed by atoms with Crippen LogP contribution < -0.4 is 5.32 Å². The molecule has 216 valence electrons. The number of hydrogen-bond acceptors (Lipinski definition) is 6. The van der Waals surface area contributed by atoms with Crippen molar-refractivity contribution in [3.63, 3.8) is 0 Å². The Morgan fingerprint density at radius 2 is 1.65 bits per heavy atom. The Balaban J connectivity index is 1.47. The molecule has 1 aliphatic heterocycles. The third kappa shape index (κ3) is 7.85. The van der Waals surface area contributed by atoms with Gasteiger partial charge in [-0.3, -0.25) is 0 Å². The SMILES string of the molecule is CC(C)(C)OC(=O)N1CCN(S(=O)(=O)c2ccccc2)C(C=C[C@H]2CCC[C@@H]2NC(=O)OCc2ccccc2)C1. The van der Waals surface area contributed by atoms with E-state index in [4.69, 9.17) is 9.47 Å². The monoisotopic (exact) mass is 569 g/mol. The van der Waals surface area contributed by atoms with E-state index in [0.717, 1.165) is 24.8 Å². The first-order chi connectivity index (χ1) is 19.0. The number of nitrogens with zero attached hydrogens (tertiary/aromatic N) is 2. The van der Waals surface area contributed by atoms with Crippen molar-refractivity contribution in [3.05, 3.63) is 78.4 Å². The topological polar surface area (TPSA) is 105 Å². The van der Waals surface area contributed by atoms with Gasteiger partial charge in [0.15, 0.2) is 0 Å². The van der Waals surface area contributed by atoms with E-state index in [0.29, 0.717) is 0 Å². The molecule has 1 saturated carbocycles. The fraction of sp³-hybridized carbons (Fsp3) is 0.467. The molecule has 2 fully saturated rings. The zero-order chi connectivity index (χ0) is 28.8. The second kappa shape index (κ2) is 12.9. The van der Waals surface area contributed by atoms with Gasteiger partial charge in [0.25, 0.3) is 0 Å². The van der Waals surface area contributed by atoms with Gasteiger partial charge >= 0.3 is 12.2 Å². The van der Waals surface area contributed by atoms with Gasteiger partial charge in [-0.05, 0) is 57.2 Å². The number of ether oxygens (including phenoxy) is 2. The molecule has 1 aliphatic carbocycles. The molecule has 4 rings (SSSR count). The van der Waals surface area contributed by atoms with Gasteiger partial charge in [0.2, 0.25) is 10.0 Å². The molecule has 0 aromatic heterocycles. The second-order valence-corrected chi connectivity index (χ2v) is 13.1. The van der Waals surface area contributed by atoms with Crippen LogP contribution in [0.5, 0.6) is 0 Å². The standard InChI is InChI=1S/C30H39N3O6S/c1-30(2,3)39-29(35)32-19-20-33(40(36,37)26-14-8-5-9-15-26)25(21-32)18-17-24-13-10-16-27(24)31-28(34)38-22-23-11-6-4-7-12-23/h4-9,11-12,14-15,17-18,24-25,27H,10,13,16,19-22H2,1-3H3,(H,31,34)/t24-,25?,27+/m1/s1. The highest BCUT2D eigenvalue weighted by Gasteiger charge is 2.38. The maximum atomic E-state index is 13.6. The van der Waals surface area contributed by atoms with Crippen molar-refractivity contribution in [2.24, 2.45) is 5.92 Å². The summed E-state index contributed by atoms with van der Waals surface area (Å²) < 4.78 is 39.6. The largest absolute Gasteiger partial charge is 0.445 e. The Morgan fingerprint density at radius 3 is 2.33 bits per heavy atom. The summed E-state index contributed by atoms with van der Waals surface area (Å²) >= 11 is 0. The third-order valence-electron chi connectivity index (χ3n) is 7.04. The van der Waals surface area contributed by atoms with Crippen LogP contribution in [0.25, 0.3) is 0 Å². The molecule has 2 aromatic carbocycles. The van der Waals surface area contributed by atoms with Crippen LogP contribution in [0.3, 0.4) is 0 Å². The number of nitrogens with one attached hydrogen (secondary N) is 1. The van der Waals surface area contributed by atoms with Crippen molar-refractivity contribution >= 4 is 22.2 Å². The van der Waals surface area contributed by atoms with Crippen LogP contribution in [0.15, 0.2) is 77.7 Å². The number of alkyl carbamates (subject to hydrolysis) is 1. The Bertz CT molecular complexity index is 1280. The lowest BCUT2D eigenvalue weighted by atomic mass is 10.0. The lowest BCUT2D eigenvalue weighted by Gasteiger charge is -2.39. The molecule has 3 atom stereocenters. The van der Waals surface area contributed by atoms with E-state index >= 15 is 0 Å². The number of benzene rings is 2. The van der Waals surface area contributed by atoms with E-state index in [-0.39, 0.29) is 43.1 Å². The summed E-state index contributed by atoms with van der Waals surface area (Å²) in [5.41, 5.74) is 0.250. The molecule has 1 N–H and O–H groups in total. The number of carbonyl (C=O) groups is 2. The van der Waals surface area contributed by atoms with Gasteiger partial charge in [-0.15, -0.1) is 0 Å². The third-order valence-corrected chi connectivity index (χ3v) is 8.97. The zero-order valence-corrected chi connectivity index (χ0v) is 24.2. The van der Waals surface area contributed by atoms with Crippen LogP contribution in [0.2, 0.25) is 0 Å². The fourth-order valence-electron chi connectivity index (χ4n) is 5.05. The first-order valence-corrected chi connectivity index (χ1v) is 15.2. The minimum absolute atomic E-state index is 0.0162. The molecule has 0 spiro atoms. The number of hydrogen-bond donors (Lipinski definition) is 1. The van der Waals surface area contributed by atoms with Crippen LogP contribution in [-0.4, -0.2) is 67.1 Å². The minimum atomic E-state index is -3.79. The average Bonchev–Trinajstić information content (AvgIpc) is 3.37. The zero-order valence-electron chi connectivity index (χ0n) is 23.4. The van der Waals surface area contributed by atoms with Gasteiger partial charge in [0.05, 0.1) is 10.9 Å². The molecular formula is C30H39N3O6S. The molecule has 2 aliphatic rings. The van der Waals surface area contributed by atoms with Gasteiger partial charge in [0, 0.05) is 25.7 Å². The maximum Gasteiger partial charge on any atom is 0.410 e. The predicted octanol–water partition coefficient (Wildman–Crippen LogP) is 4.95. The second-order valence-electron chi connectivity index (χ2n) is 11.2. The lowest BCUT2D eigenvalue weighted by molar-refractivity contribution is 0.0158. The summed E-state index contributed by atoms with van der Waals surface area (Å²) in [7, 11) is -3.79. The van der Waals surface area contributed by atoms with Crippen LogP contribution in [0, 0.1) is 5.92 Å². The van der Waals surface area contributed by atoms with Crippen molar-refractivity contribution in [1.82, 2.24) is 14.5 Å². The molecule has 1 heterocycles. The Labute approximate surface area is 237 Å². The summed E-state index contributed by atoms with van der Waals surface area (Å²) in [6, 6.07) is 17.1. The van der Waals surface area contributed by atoms with Crippen LogP contribution in [0.4, 0.5) is 9.59 Å². The Hall–Kier alpha value is -3.37. The van der Waals surface area contributed by atoms with E-state index in [1.54, 1.807) is 56.0 Å². The highest BCUT2D eigenvalue weighted by molar-refractivity contribution is 7.89. The molecule has 0 radical (unpaired) electrons. The molecule has 2 amide bonds. The van der Waals surface area contributed by atoms with Crippen LogP contribution in [-0.2, 0) is 26.1 Å². The van der Waals surface area contributed by atoms with Crippen molar-refractivity contribution in [3.8, 4) is 0 Å². The van der Waals surface area contributed by atoms with Crippen molar-refractivity contribution < 1.29 is 27.5 Å². The Morgan fingerprint density at radius 1 is 0.975 bits per heavy atom. The van der Waals surface area contributed by atoms with Crippen LogP contribution in [0.1, 0.15) is 45.6 Å². The van der Waals surface area contributed by atoms with Gasteiger partial charge in [-0.1, -0.05) is 67.1 Å². The molecular weight excluding hydrogens is 530 g/mol. The lowest BCUT2D eigenvalue weighted by Crippen LogP contribution is -2.56. The van der Waals surface area contributed by atoms with E-state index in [1.807, 2.05) is 42.5 Å². The van der Waals surface area contributed by atoms with Gasteiger partial charge < -0.3 is 19.7 Å². The van der Waals surface area contributed by atoms with E-state index in [1.165, 1.54) is 4.31 Å². The van der Waals surface area contributed by atoms with E-state index in [2.05, 4.69) is 5.32 Å². The van der Waals surface area contributed by atoms with E-state index in [9.17, 15) is 18.0 Å². The highest BCUT2D eigenvalue weighted by Crippen LogP contribution is 2.29. The number of sulfonamides is 1. The summed E-state index contributed by atoms with van der Waals surface area (Å²) in [5, 5.41) is 2.98. The van der Waals surface area contributed by atoms with Crippen molar-refractivity contribution in [1.29, 1.82) is 0 Å². The maximum absolute atomic E-state index is 13.6. The highest BCUT2D eigenvalue weighted by atomic mass is 32.2.